The van der Waals surface area contributed by atoms with E-state index in [1.54, 1.807) is 0 Å². The van der Waals surface area contributed by atoms with Gasteiger partial charge in [0.05, 0.1) is 11.6 Å². The van der Waals surface area contributed by atoms with E-state index >= 15 is 0 Å². The third-order valence-corrected chi connectivity index (χ3v) is 3.79. The Hall–Kier alpha value is -1.44. The number of halogens is 4. The van der Waals surface area contributed by atoms with Crippen molar-refractivity contribution in [3.05, 3.63) is 57.5 Å². The molecule has 0 aliphatic carbocycles. The summed E-state index contributed by atoms with van der Waals surface area (Å²) < 4.78 is 52.1. The largest absolute Gasteiger partial charge is 0.419 e. The van der Waals surface area contributed by atoms with Gasteiger partial charge in [-0.1, -0.05) is 18.2 Å². The Bertz CT molecular complexity index is 566. The molecule has 0 fully saturated rings. The van der Waals surface area contributed by atoms with Gasteiger partial charge in [-0.05, 0) is 17.5 Å². The molecule has 0 spiro atoms. The van der Waals surface area contributed by atoms with E-state index in [0.29, 0.717) is 6.42 Å². The zero-order valence-electron chi connectivity index (χ0n) is 10.2. The highest BCUT2D eigenvalue weighted by molar-refractivity contribution is 7.09. The fraction of sp³-hybridized carbons (Fsp3) is 0.231. The maximum absolute atomic E-state index is 14.0. The second kappa shape index (κ2) is 5.90. The lowest BCUT2D eigenvalue weighted by Gasteiger charge is -2.18. The SMILES string of the molecule is NNC(Cc1cccs1)c1cccc(C(F)(F)F)c1F. The summed E-state index contributed by atoms with van der Waals surface area (Å²) >= 11 is 1.44. The number of nitrogens with one attached hydrogen (secondary N) is 1. The summed E-state index contributed by atoms with van der Waals surface area (Å²) in [6, 6.07) is 6.13. The number of alkyl halides is 3. The van der Waals surface area contributed by atoms with Gasteiger partial charge in [-0.2, -0.15) is 13.2 Å². The highest BCUT2D eigenvalue weighted by Crippen LogP contribution is 2.34. The molecule has 2 rings (SSSR count). The molecule has 2 nitrogen and oxygen atoms in total. The molecular weight excluding hydrogens is 292 g/mol. The molecule has 0 bridgehead atoms. The van der Waals surface area contributed by atoms with Crippen molar-refractivity contribution in [1.82, 2.24) is 5.43 Å². The molecular formula is C13H12F4N2S. The third-order valence-electron chi connectivity index (χ3n) is 2.90. The van der Waals surface area contributed by atoms with Gasteiger partial charge in [-0.3, -0.25) is 11.3 Å². The minimum Gasteiger partial charge on any atom is -0.271 e. The minimum atomic E-state index is -4.72. The van der Waals surface area contributed by atoms with Crippen LogP contribution in [0.4, 0.5) is 17.6 Å². The van der Waals surface area contributed by atoms with Crippen molar-refractivity contribution in [1.29, 1.82) is 0 Å². The van der Waals surface area contributed by atoms with Crippen LogP contribution < -0.4 is 11.3 Å². The molecule has 1 aromatic heterocycles. The molecule has 0 aliphatic rings. The van der Waals surface area contributed by atoms with Crippen LogP contribution in [0.15, 0.2) is 35.7 Å². The fourth-order valence-electron chi connectivity index (χ4n) is 1.93. The first-order chi connectivity index (χ1) is 9.43. The van der Waals surface area contributed by atoms with Gasteiger partial charge in [-0.15, -0.1) is 11.3 Å². The molecule has 3 N–H and O–H groups in total. The Morgan fingerprint density at radius 3 is 2.50 bits per heavy atom. The fourth-order valence-corrected chi connectivity index (χ4v) is 2.68. The Labute approximate surface area is 117 Å². The summed E-state index contributed by atoms with van der Waals surface area (Å²) in [7, 11) is 0. The van der Waals surface area contributed by atoms with Gasteiger partial charge in [0, 0.05) is 16.9 Å². The lowest BCUT2D eigenvalue weighted by atomic mass is 10.00. The van der Waals surface area contributed by atoms with E-state index < -0.39 is 23.6 Å². The molecule has 0 saturated carbocycles. The van der Waals surface area contributed by atoms with Crippen LogP contribution in [0.1, 0.15) is 22.0 Å². The van der Waals surface area contributed by atoms with Crippen molar-refractivity contribution in [2.45, 2.75) is 18.6 Å². The summed E-state index contributed by atoms with van der Waals surface area (Å²) in [5.41, 5.74) is 1.01. The average molecular weight is 304 g/mol. The predicted molar refractivity (Wildman–Crippen MR) is 69.5 cm³/mol. The highest BCUT2D eigenvalue weighted by atomic mass is 32.1. The van der Waals surface area contributed by atoms with Gasteiger partial charge in [0.1, 0.15) is 5.82 Å². The first-order valence-corrected chi connectivity index (χ1v) is 6.65. The zero-order chi connectivity index (χ0) is 14.8. The van der Waals surface area contributed by atoms with Crippen LogP contribution in [0.25, 0.3) is 0 Å². The van der Waals surface area contributed by atoms with E-state index in [4.69, 9.17) is 5.84 Å². The molecule has 0 amide bonds. The van der Waals surface area contributed by atoms with Crippen molar-refractivity contribution in [2.75, 3.05) is 0 Å². The minimum absolute atomic E-state index is 0.0873. The Morgan fingerprint density at radius 1 is 1.20 bits per heavy atom. The molecule has 20 heavy (non-hydrogen) atoms. The average Bonchev–Trinajstić information content (AvgIpc) is 2.88. The van der Waals surface area contributed by atoms with Crippen LogP contribution in [0.5, 0.6) is 0 Å². The van der Waals surface area contributed by atoms with Crippen LogP contribution in [-0.2, 0) is 12.6 Å². The Morgan fingerprint density at radius 2 is 1.95 bits per heavy atom. The van der Waals surface area contributed by atoms with Gasteiger partial charge >= 0.3 is 6.18 Å². The first kappa shape index (κ1) is 15.0. The quantitative estimate of drug-likeness (QED) is 0.514. The second-order valence-corrected chi connectivity index (χ2v) is 5.24. The predicted octanol–water partition coefficient (Wildman–Crippen LogP) is 3.65. The highest BCUT2D eigenvalue weighted by Gasteiger charge is 2.35. The molecule has 0 saturated heterocycles. The Kier molecular flexibility index (Phi) is 4.42. The van der Waals surface area contributed by atoms with Crippen molar-refractivity contribution in [3.8, 4) is 0 Å². The van der Waals surface area contributed by atoms with Crippen LogP contribution in [0.2, 0.25) is 0 Å². The number of hydrogen-bond acceptors (Lipinski definition) is 3. The van der Waals surface area contributed by atoms with E-state index in [-0.39, 0.29) is 5.56 Å². The van der Waals surface area contributed by atoms with Gasteiger partial charge in [0.25, 0.3) is 0 Å². The Balaban J connectivity index is 2.35. The molecule has 1 aromatic carbocycles. The molecule has 108 valence electrons. The smallest absolute Gasteiger partial charge is 0.271 e. The van der Waals surface area contributed by atoms with E-state index in [1.807, 2.05) is 17.5 Å². The summed E-state index contributed by atoms with van der Waals surface area (Å²) in [5, 5.41) is 1.84. The topological polar surface area (TPSA) is 38.0 Å². The van der Waals surface area contributed by atoms with Gasteiger partial charge in [0.15, 0.2) is 0 Å². The second-order valence-electron chi connectivity index (χ2n) is 4.21. The molecule has 1 heterocycles. The van der Waals surface area contributed by atoms with Crippen molar-refractivity contribution < 1.29 is 17.6 Å². The van der Waals surface area contributed by atoms with E-state index in [2.05, 4.69) is 5.43 Å². The number of rotatable bonds is 4. The van der Waals surface area contributed by atoms with Gasteiger partial charge in [0.2, 0.25) is 0 Å². The third kappa shape index (κ3) is 3.17. The lowest BCUT2D eigenvalue weighted by Crippen LogP contribution is -2.30. The maximum atomic E-state index is 14.0. The first-order valence-electron chi connectivity index (χ1n) is 5.77. The standard InChI is InChI=1S/C13H12F4N2S/c14-12-9(4-1-5-10(12)13(15,16)17)11(19-18)7-8-3-2-6-20-8/h1-6,11,19H,7,18H2. The normalized spacial score (nSPS) is 13.4. The van der Waals surface area contributed by atoms with Crippen LogP contribution >= 0.6 is 11.3 Å². The monoisotopic (exact) mass is 304 g/mol. The maximum Gasteiger partial charge on any atom is 0.419 e. The number of thiophene rings is 1. The van der Waals surface area contributed by atoms with E-state index in [0.717, 1.165) is 10.9 Å². The zero-order valence-corrected chi connectivity index (χ0v) is 11.1. The molecule has 2 aromatic rings. The number of nitrogens with two attached hydrogens (primary N) is 1. The van der Waals surface area contributed by atoms with Gasteiger partial charge in [-0.25, -0.2) is 4.39 Å². The van der Waals surface area contributed by atoms with Crippen LogP contribution in [0, 0.1) is 5.82 Å². The number of benzene rings is 1. The number of hydrogen-bond donors (Lipinski definition) is 2. The summed E-state index contributed by atoms with van der Waals surface area (Å²) in [5.74, 6) is 4.08. The number of hydrazine groups is 1. The van der Waals surface area contributed by atoms with Crippen LogP contribution in [0.3, 0.4) is 0 Å². The lowest BCUT2D eigenvalue weighted by molar-refractivity contribution is -0.140. The summed E-state index contributed by atoms with van der Waals surface area (Å²) in [4.78, 5) is 0.907. The molecule has 7 heteroatoms. The van der Waals surface area contributed by atoms with E-state index in [1.165, 1.54) is 23.5 Å². The van der Waals surface area contributed by atoms with Crippen molar-refractivity contribution in [2.24, 2.45) is 5.84 Å². The van der Waals surface area contributed by atoms with Crippen molar-refractivity contribution in [3.63, 3.8) is 0 Å². The molecule has 1 unspecified atom stereocenters. The summed E-state index contributed by atoms with van der Waals surface area (Å²) in [6.45, 7) is 0. The van der Waals surface area contributed by atoms with Crippen LogP contribution in [-0.4, -0.2) is 0 Å². The molecule has 1 atom stereocenters. The summed E-state index contributed by atoms with van der Waals surface area (Å²) in [6.07, 6.45) is -4.39. The van der Waals surface area contributed by atoms with Gasteiger partial charge < -0.3 is 0 Å². The van der Waals surface area contributed by atoms with E-state index in [9.17, 15) is 17.6 Å². The molecule has 0 aliphatic heterocycles. The molecule has 0 radical (unpaired) electrons. The van der Waals surface area contributed by atoms with Crippen molar-refractivity contribution >= 4 is 11.3 Å².